The Labute approximate surface area is 116 Å². The van der Waals surface area contributed by atoms with E-state index in [2.05, 4.69) is 4.98 Å². The number of rotatable bonds is 4. The maximum Gasteiger partial charge on any atom is 0.419 e. The molecule has 1 aromatic rings. The van der Waals surface area contributed by atoms with E-state index in [9.17, 15) is 31.7 Å². The molecule has 0 aliphatic carbocycles. The molecule has 0 atom stereocenters. The monoisotopic (exact) mass is 333 g/mol. The van der Waals surface area contributed by atoms with E-state index in [0.29, 0.717) is 0 Å². The van der Waals surface area contributed by atoms with Gasteiger partial charge in [-0.15, -0.1) is 0 Å². The SMILES string of the molecule is CCS(=O)(=O)Nc1nc(Cl)c(C(F)(F)F)cc1[N+](=O)[O-]. The van der Waals surface area contributed by atoms with Crippen LogP contribution in [0.1, 0.15) is 12.5 Å². The normalized spacial score (nSPS) is 12.2. The van der Waals surface area contributed by atoms with Crippen LogP contribution in [0.15, 0.2) is 6.07 Å². The van der Waals surface area contributed by atoms with Gasteiger partial charge in [0.2, 0.25) is 15.8 Å². The molecule has 0 aliphatic rings. The fraction of sp³-hybridized carbons (Fsp3) is 0.375. The van der Waals surface area contributed by atoms with E-state index in [1.807, 2.05) is 0 Å². The Morgan fingerprint density at radius 2 is 2.05 bits per heavy atom. The second-order valence-electron chi connectivity index (χ2n) is 3.45. The first-order valence-electron chi connectivity index (χ1n) is 4.90. The molecule has 0 saturated carbocycles. The number of anilines is 1. The number of hydrogen-bond acceptors (Lipinski definition) is 5. The second kappa shape index (κ2) is 5.40. The Morgan fingerprint density at radius 1 is 1.50 bits per heavy atom. The number of aromatic nitrogens is 1. The van der Waals surface area contributed by atoms with Crippen molar-refractivity contribution >= 4 is 33.1 Å². The predicted molar refractivity (Wildman–Crippen MR) is 64.0 cm³/mol. The summed E-state index contributed by atoms with van der Waals surface area (Å²) < 4.78 is 61.9. The molecule has 0 fully saturated rings. The van der Waals surface area contributed by atoms with Gasteiger partial charge in [0.1, 0.15) is 5.15 Å². The van der Waals surface area contributed by atoms with Crippen molar-refractivity contribution in [2.24, 2.45) is 0 Å². The lowest BCUT2D eigenvalue weighted by atomic mass is 10.2. The van der Waals surface area contributed by atoms with Crippen molar-refractivity contribution < 1.29 is 26.5 Å². The molecule has 1 aromatic heterocycles. The zero-order chi connectivity index (χ0) is 15.7. The highest BCUT2D eigenvalue weighted by molar-refractivity contribution is 7.92. The fourth-order valence-corrected chi connectivity index (χ4v) is 1.95. The van der Waals surface area contributed by atoms with Crippen molar-refractivity contribution in [3.8, 4) is 0 Å². The smallest absolute Gasteiger partial charge is 0.262 e. The van der Waals surface area contributed by atoms with Crippen LogP contribution in [0.25, 0.3) is 0 Å². The van der Waals surface area contributed by atoms with E-state index >= 15 is 0 Å². The summed E-state index contributed by atoms with van der Waals surface area (Å²) in [6.07, 6.45) is -4.95. The molecule has 7 nitrogen and oxygen atoms in total. The summed E-state index contributed by atoms with van der Waals surface area (Å²) in [4.78, 5) is 12.6. The molecule has 1 heterocycles. The van der Waals surface area contributed by atoms with Gasteiger partial charge in [0.25, 0.3) is 0 Å². The minimum atomic E-state index is -4.95. The van der Waals surface area contributed by atoms with Crippen LogP contribution in [0, 0.1) is 10.1 Å². The van der Waals surface area contributed by atoms with Gasteiger partial charge in [-0.05, 0) is 6.92 Å². The number of nitrogens with zero attached hydrogens (tertiary/aromatic N) is 2. The number of sulfonamides is 1. The van der Waals surface area contributed by atoms with Crippen molar-refractivity contribution in [3.63, 3.8) is 0 Å². The Bertz CT molecular complexity index is 647. The standard InChI is InChI=1S/C8H7ClF3N3O4S/c1-2-20(18,19)14-7-5(15(16)17)3-4(6(9)13-7)8(10,11)12/h3H,2H2,1H3,(H,13,14). The maximum atomic E-state index is 12.5. The van der Waals surface area contributed by atoms with Gasteiger partial charge in [0.05, 0.1) is 16.2 Å². The van der Waals surface area contributed by atoms with Crippen LogP contribution in [0.3, 0.4) is 0 Å². The molecule has 20 heavy (non-hydrogen) atoms. The minimum Gasteiger partial charge on any atom is -0.262 e. The number of pyridine rings is 1. The van der Waals surface area contributed by atoms with E-state index in [-0.39, 0.29) is 6.07 Å². The first kappa shape index (κ1) is 16.4. The number of hydrogen-bond donors (Lipinski definition) is 1. The third-order valence-electron chi connectivity index (χ3n) is 2.09. The molecule has 0 amide bonds. The average Bonchev–Trinajstić information content (AvgIpc) is 2.26. The summed E-state index contributed by atoms with van der Waals surface area (Å²) in [6.45, 7) is 1.24. The summed E-state index contributed by atoms with van der Waals surface area (Å²) >= 11 is 5.27. The van der Waals surface area contributed by atoms with Gasteiger partial charge in [-0.3, -0.25) is 14.8 Å². The van der Waals surface area contributed by atoms with Gasteiger partial charge in [-0.1, -0.05) is 11.6 Å². The van der Waals surface area contributed by atoms with Gasteiger partial charge in [-0.2, -0.15) is 13.2 Å². The largest absolute Gasteiger partial charge is 0.419 e. The molecule has 0 unspecified atom stereocenters. The van der Waals surface area contributed by atoms with Gasteiger partial charge in [0.15, 0.2) is 0 Å². The van der Waals surface area contributed by atoms with Gasteiger partial charge >= 0.3 is 11.9 Å². The molecule has 0 aromatic carbocycles. The Kier molecular flexibility index (Phi) is 4.44. The van der Waals surface area contributed by atoms with E-state index in [1.54, 1.807) is 4.72 Å². The topological polar surface area (TPSA) is 102 Å². The van der Waals surface area contributed by atoms with E-state index < -0.39 is 49.1 Å². The molecular weight excluding hydrogens is 327 g/mol. The zero-order valence-corrected chi connectivity index (χ0v) is 11.3. The van der Waals surface area contributed by atoms with Crippen LogP contribution < -0.4 is 4.72 Å². The van der Waals surface area contributed by atoms with Crippen LogP contribution in [-0.2, 0) is 16.2 Å². The van der Waals surface area contributed by atoms with Crippen molar-refractivity contribution in [1.29, 1.82) is 0 Å². The quantitative estimate of drug-likeness (QED) is 0.518. The van der Waals surface area contributed by atoms with Crippen LogP contribution in [0.5, 0.6) is 0 Å². The zero-order valence-electron chi connectivity index (χ0n) is 9.73. The molecule has 0 saturated heterocycles. The van der Waals surface area contributed by atoms with Crippen molar-refractivity contribution in [2.45, 2.75) is 13.1 Å². The summed E-state index contributed by atoms with van der Waals surface area (Å²) in [5.41, 5.74) is -2.66. The number of nitro groups is 1. The van der Waals surface area contributed by atoms with Crippen LogP contribution >= 0.6 is 11.6 Å². The lowest BCUT2D eigenvalue weighted by Gasteiger charge is -2.11. The first-order valence-corrected chi connectivity index (χ1v) is 6.93. The Morgan fingerprint density at radius 3 is 2.45 bits per heavy atom. The van der Waals surface area contributed by atoms with Gasteiger partial charge < -0.3 is 0 Å². The summed E-state index contributed by atoms with van der Waals surface area (Å²) in [7, 11) is -3.95. The molecular formula is C8H7ClF3N3O4S. The van der Waals surface area contributed by atoms with Crippen LogP contribution in [0.2, 0.25) is 5.15 Å². The Hall–Kier alpha value is -1.62. The summed E-state index contributed by atoms with van der Waals surface area (Å²) in [5.74, 6) is -1.31. The number of nitrogens with one attached hydrogen (secondary N) is 1. The van der Waals surface area contributed by atoms with E-state index in [4.69, 9.17) is 11.6 Å². The molecule has 0 bridgehead atoms. The van der Waals surface area contributed by atoms with Crippen molar-refractivity contribution in [3.05, 3.63) is 26.9 Å². The van der Waals surface area contributed by atoms with Gasteiger partial charge in [-0.25, -0.2) is 13.4 Å². The van der Waals surface area contributed by atoms with E-state index in [1.165, 1.54) is 6.92 Å². The molecule has 0 spiro atoms. The third kappa shape index (κ3) is 3.70. The molecule has 12 heteroatoms. The predicted octanol–water partition coefficient (Wildman–Crippen LogP) is 2.42. The highest BCUT2D eigenvalue weighted by Crippen LogP contribution is 2.38. The van der Waals surface area contributed by atoms with Crippen LogP contribution in [-0.4, -0.2) is 24.1 Å². The molecule has 0 radical (unpaired) electrons. The second-order valence-corrected chi connectivity index (χ2v) is 5.82. The Balaban J connectivity index is 3.48. The highest BCUT2D eigenvalue weighted by Gasteiger charge is 2.37. The van der Waals surface area contributed by atoms with Gasteiger partial charge in [0, 0.05) is 6.07 Å². The molecule has 0 aliphatic heterocycles. The number of halogens is 4. The molecule has 1 rings (SSSR count). The lowest BCUT2D eigenvalue weighted by Crippen LogP contribution is -2.18. The maximum absolute atomic E-state index is 12.5. The van der Waals surface area contributed by atoms with Crippen LogP contribution in [0.4, 0.5) is 24.7 Å². The minimum absolute atomic E-state index is 0.128. The average molecular weight is 334 g/mol. The molecule has 1 N–H and O–H groups in total. The highest BCUT2D eigenvalue weighted by atomic mass is 35.5. The first-order chi connectivity index (χ1) is 8.98. The molecule has 112 valence electrons. The summed E-state index contributed by atoms with van der Waals surface area (Å²) in [5, 5.41) is 9.62. The third-order valence-corrected chi connectivity index (χ3v) is 3.64. The van der Waals surface area contributed by atoms with Crippen molar-refractivity contribution in [1.82, 2.24) is 4.98 Å². The van der Waals surface area contributed by atoms with E-state index in [0.717, 1.165) is 0 Å². The lowest BCUT2D eigenvalue weighted by molar-refractivity contribution is -0.384. The number of alkyl halides is 3. The fourth-order valence-electron chi connectivity index (χ4n) is 1.11. The van der Waals surface area contributed by atoms with Crippen molar-refractivity contribution in [2.75, 3.05) is 10.5 Å². The summed E-state index contributed by atoms with van der Waals surface area (Å²) in [6, 6.07) is 0.128.